The van der Waals surface area contributed by atoms with Gasteiger partial charge >= 0.3 is 0 Å². The van der Waals surface area contributed by atoms with E-state index in [4.69, 9.17) is 25.7 Å². The van der Waals surface area contributed by atoms with E-state index < -0.39 is 29.3 Å². The molecule has 4 rings (SSSR count). The maximum atomic E-state index is 14.2. The third-order valence-electron chi connectivity index (χ3n) is 6.29. The van der Waals surface area contributed by atoms with Crippen LogP contribution in [0.15, 0.2) is 42.5 Å². The molecule has 1 unspecified atom stereocenters. The Morgan fingerprint density at radius 3 is 2.45 bits per heavy atom. The lowest BCUT2D eigenvalue weighted by molar-refractivity contribution is -0.124. The van der Waals surface area contributed by atoms with Crippen LogP contribution in [-0.2, 0) is 4.79 Å². The third kappa shape index (κ3) is 5.21. The topological polar surface area (TPSA) is 159 Å². The van der Waals surface area contributed by atoms with Crippen molar-refractivity contribution in [1.29, 1.82) is 0 Å². The molecule has 0 bridgehead atoms. The fourth-order valence-corrected chi connectivity index (χ4v) is 4.59. The molecule has 0 saturated carbocycles. The van der Waals surface area contributed by atoms with E-state index in [2.05, 4.69) is 9.69 Å². The van der Waals surface area contributed by atoms with Crippen molar-refractivity contribution in [3.63, 3.8) is 0 Å². The number of carbonyl (C=O) groups excluding carboxylic acids is 3. The van der Waals surface area contributed by atoms with Gasteiger partial charge in [-0.2, -0.15) is 4.37 Å². The van der Waals surface area contributed by atoms with Gasteiger partial charge in [-0.25, -0.2) is 0 Å². The highest BCUT2D eigenvalue weighted by Gasteiger charge is 2.38. The van der Waals surface area contributed by atoms with Crippen molar-refractivity contribution in [1.82, 2.24) is 9.69 Å². The molecule has 5 N–H and O–H groups in total. The predicted molar refractivity (Wildman–Crippen MR) is 143 cm³/mol. The maximum Gasteiger partial charge on any atom is 0.273 e. The molecule has 1 atom stereocenters. The van der Waals surface area contributed by atoms with Gasteiger partial charge in [0.15, 0.2) is 17.2 Å². The number of benzene rings is 2. The number of hydrogen-bond acceptors (Lipinski definition) is 9. The van der Waals surface area contributed by atoms with Gasteiger partial charge in [-0.3, -0.25) is 19.3 Å². The van der Waals surface area contributed by atoms with Gasteiger partial charge in [-0.15, -0.1) is 0 Å². The van der Waals surface area contributed by atoms with E-state index in [0.717, 1.165) is 11.5 Å². The Morgan fingerprint density at radius 1 is 1.16 bits per heavy atom. The summed E-state index contributed by atoms with van der Waals surface area (Å²) >= 11 is 0.734. The summed E-state index contributed by atoms with van der Waals surface area (Å²) in [7, 11) is 1.54. The first kappa shape index (κ1) is 26.7. The highest BCUT2D eigenvalue weighted by Crippen LogP contribution is 2.40. The minimum absolute atomic E-state index is 0.0301. The number of aromatic nitrogens is 1. The van der Waals surface area contributed by atoms with E-state index in [9.17, 15) is 14.4 Å². The lowest BCUT2D eigenvalue weighted by Crippen LogP contribution is -2.50. The van der Waals surface area contributed by atoms with Gasteiger partial charge in [0.05, 0.1) is 12.8 Å². The molecule has 1 aromatic heterocycles. The average molecular weight is 540 g/mol. The Labute approximate surface area is 223 Å². The van der Waals surface area contributed by atoms with Gasteiger partial charge in [0.1, 0.15) is 16.7 Å². The lowest BCUT2D eigenvalue weighted by atomic mass is 9.98. The van der Waals surface area contributed by atoms with Crippen molar-refractivity contribution in [2.24, 2.45) is 5.73 Å². The highest BCUT2D eigenvalue weighted by atomic mass is 32.1. The summed E-state index contributed by atoms with van der Waals surface area (Å²) in [5.41, 5.74) is 11.4. The monoisotopic (exact) mass is 539 g/mol. The number of nitrogens with one attached hydrogen (secondary N) is 1. The van der Waals surface area contributed by atoms with Crippen LogP contribution in [0.3, 0.4) is 0 Å². The molecule has 200 valence electrons. The maximum absolute atomic E-state index is 14.2. The summed E-state index contributed by atoms with van der Waals surface area (Å²) in [5.74, 6) is -0.421. The van der Waals surface area contributed by atoms with E-state index >= 15 is 0 Å². The Morgan fingerprint density at radius 2 is 1.84 bits per heavy atom. The number of hydrogen-bond donors (Lipinski definition) is 3. The number of fused-ring (bicyclic) bond motifs is 1. The van der Waals surface area contributed by atoms with Crippen LogP contribution in [0.1, 0.15) is 59.0 Å². The van der Waals surface area contributed by atoms with Crippen LogP contribution in [0.4, 0.5) is 11.4 Å². The smallest absolute Gasteiger partial charge is 0.273 e. The molecule has 2 heterocycles. The number of primary amides is 1. The molecule has 1 aliphatic rings. The molecule has 11 nitrogen and oxygen atoms in total. The van der Waals surface area contributed by atoms with E-state index in [1.807, 2.05) is 20.8 Å². The van der Waals surface area contributed by atoms with E-state index in [0.29, 0.717) is 34.9 Å². The van der Waals surface area contributed by atoms with Gasteiger partial charge in [-0.1, -0.05) is 19.1 Å². The van der Waals surface area contributed by atoms with Crippen molar-refractivity contribution in [2.75, 3.05) is 24.5 Å². The highest BCUT2D eigenvalue weighted by molar-refractivity contribution is 7.09. The molecule has 3 amide bonds. The van der Waals surface area contributed by atoms with Crippen molar-refractivity contribution >= 4 is 40.6 Å². The number of methoxy groups -OCH3 is 1. The Hall–Kier alpha value is -4.32. The fourth-order valence-electron chi connectivity index (χ4n) is 3.85. The number of nitrogens with zero attached hydrogens (tertiary/aromatic N) is 2. The van der Waals surface area contributed by atoms with E-state index in [-0.39, 0.29) is 23.1 Å². The van der Waals surface area contributed by atoms with Gasteiger partial charge in [0.25, 0.3) is 11.8 Å². The largest absolute Gasteiger partial charge is 0.497 e. The zero-order chi connectivity index (χ0) is 27.6. The van der Waals surface area contributed by atoms with Crippen LogP contribution in [-0.4, -0.2) is 41.5 Å². The Kier molecular flexibility index (Phi) is 7.44. The number of nitrogens with two attached hydrogens (primary N) is 2. The summed E-state index contributed by atoms with van der Waals surface area (Å²) in [6.45, 7) is 5.77. The van der Waals surface area contributed by atoms with Gasteiger partial charge in [-0.05, 0) is 61.6 Å². The van der Waals surface area contributed by atoms with Crippen molar-refractivity contribution in [3.05, 3.63) is 58.6 Å². The fraction of sp³-hybridized carbons (Fsp3) is 0.308. The normalized spacial score (nSPS) is 13.1. The molecule has 0 aliphatic carbocycles. The zero-order valence-electron chi connectivity index (χ0n) is 21.4. The number of anilines is 2. The molecule has 2 aromatic carbocycles. The first-order valence-corrected chi connectivity index (χ1v) is 12.6. The van der Waals surface area contributed by atoms with Crippen molar-refractivity contribution in [2.45, 2.75) is 38.8 Å². The number of rotatable bonds is 9. The quantitative estimate of drug-likeness (QED) is 0.374. The van der Waals surface area contributed by atoms with Gasteiger partial charge in [0.2, 0.25) is 12.7 Å². The molecular formula is C26H29N5O6S. The lowest BCUT2D eigenvalue weighted by Gasteiger charge is -2.34. The molecule has 38 heavy (non-hydrogen) atoms. The van der Waals surface area contributed by atoms with Crippen molar-refractivity contribution in [3.8, 4) is 17.2 Å². The standard InChI is InChI=1S/C26H29N5O6S/c1-5-26(2,3)29-24(33)21(14-6-9-16(35-4)10-7-14)31(15-8-11-17-18(12-15)37-13-36-17)25(34)22-19(27)20(23(28)32)30-38-22/h6-12,21H,5,13,27H2,1-4H3,(H2,28,32)(H,29,33). The molecule has 0 saturated heterocycles. The van der Waals surface area contributed by atoms with Crippen LogP contribution in [0, 0.1) is 0 Å². The summed E-state index contributed by atoms with van der Waals surface area (Å²) in [6, 6.07) is 10.6. The molecule has 0 spiro atoms. The van der Waals surface area contributed by atoms with Crippen LogP contribution >= 0.6 is 11.5 Å². The summed E-state index contributed by atoms with van der Waals surface area (Å²) in [5, 5.41) is 3.04. The van der Waals surface area contributed by atoms with Crippen LogP contribution in [0.25, 0.3) is 0 Å². The number of amides is 3. The third-order valence-corrected chi connectivity index (χ3v) is 7.14. The zero-order valence-corrected chi connectivity index (χ0v) is 22.3. The number of ether oxygens (including phenoxy) is 3. The first-order valence-electron chi connectivity index (χ1n) is 11.8. The second-order valence-corrected chi connectivity index (χ2v) is 10.0. The SMILES string of the molecule is CCC(C)(C)NC(=O)C(c1ccc(OC)cc1)N(C(=O)c1snc(C(N)=O)c1N)c1ccc2c(c1)OCO2. The Bertz CT molecular complexity index is 1370. The Balaban J connectivity index is 1.91. The second kappa shape index (κ2) is 10.6. The van der Waals surface area contributed by atoms with Gasteiger partial charge in [0, 0.05) is 17.3 Å². The molecule has 3 aromatic rings. The number of carbonyl (C=O) groups is 3. The van der Waals surface area contributed by atoms with Gasteiger partial charge < -0.3 is 31.0 Å². The minimum Gasteiger partial charge on any atom is -0.497 e. The van der Waals surface area contributed by atoms with E-state index in [1.54, 1.807) is 42.5 Å². The van der Waals surface area contributed by atoms with Crippen LogP contribution in [0.2, 0.25) is 0 Å². The van der Waals surface area contributed by atoms with Crippen molar-refractivity contribution < 1.29 is 28.6 Å². The molecular weight excluding hydrogens is 510 g/mol. The summed E-state index contributed by atoms with van der Waals surface area (Å²) in [4.78, 5) is 41.2. The summed E-state index contributed by atoms with van der Waals surface area (Å²) in [6.07, 6.45) is 0.649. The molecule has 1 aliphatic heterocycles. The van der Waals surface area contributed by atoms with Crippen LogP contribution in [0.5, 0.6) is 17.2 Å². The second-order valence-electron chi connectivity index (χ2n) is 9.25. The van der Waals surface area contributed by atoms with E-state index in [1.165, 1.54) is 12.0 Å². The van der Waals surface area contributed by atoms with Crippen LogP contribution < -0.4 is 35.9 Å². The molecule has 0 fully saturated rings. The number of nitrogen functional groups attached to an aromatic ring is 1. The first-order chi connectivity index (χ1) is 18.1. The minimum atomic E-state index is -1.14. The predicted octanol–water partition coefficient (Wildman–Crippen LogP) is 3.25. The average Bonchev–Trinajstić information content (AvgIpc) is 3.52. The molecule has 12 heteroatoms. The molecule has 0 radical (unpaired) electrons. The summed E-state index contributed by atoms with van der Waals surface area (Å²) < 4.78 is 20.2.